The van der Waals surface area contributed by atoms with Crippen LogP contribution in [0.4, 0.5) is 11.8 Å². The van der Waals surface area contributed by atoms with Crippen molar-refractivity contribution in [1.29, 1.82) is 0 Å². The van der Waals surface area contributed by atoms with Gasteiger partial charge in [0.15, 0.2) is 0 Å². The molecule has 0 saturated carbocycles. The van der Waals surface area contributed by atoms with Gasteiger partial charge < -0.3 is 15.5 Å². The highest BCUT2D eigenvalue weighted by Crippen LogP contribution is 2.24. The molecule has 2 N–H and O–H groups in total. The highest BCUT2D eigenvalue weighted by Gasteiger charge is 2.18. The van der Waals surface area contributed by atoms with Gasteiger partial charge in [0.05, 0.1) is 6.04 Å². The molecule has 1 aromatic carbocycles. The number of hydrogen-bond donors (Lipinski definition) is 2. The number of anilines is 2. The van der Waals surface area contributed by atoms with Crippen LogP contribution in [0.15, 0.2) is 54.9 Å². The minimum atomic E-state index is -0.338. The minimum absolute atomic E-state index is 0.163. The number of rotatable bonds is 5. The molecule has 0 spiro atoms. The lowest BCUT2D eigenvalue weighted by molar-refractivity contribution is -0.117. The van der Waals surface area contributed by atoms with Crippen LogP contribution >= 0.6 is 22.9 Å². The van der Waals surface area contributed by atoms with Crippen molar-refractivity contribution < 1.29 is 4.79 Å². The monoisotopic (exact) mass is 567 g/mol. The maximum Gasteiger partial charge on any atom is 0.242 e. The smallest absolute Gasteiger partial charge is 0.242 e. The quantitative estimate of drug-likeness (QED) is 0.279. The second-order valence-electron chi connectivity index (χ2n) is 7.88. The Morgan fingerprint density at radius 3 is 2.41 bits per heavy atom. The molecule has 34 heavy (non-hydrogen) atoms. The molecule has 4 rings (SSSR count). The van der Waals surface area contributed by atoms with E-state index in [0.717, 1.165) is 48.8 Å². The van der Waals surface area contributed by atoms with Gasteiger partial charge in [-0.15, -0.1) is 0 Å². The van der Waals surface area contributed by atoms with E-state index in [-0.39, 0.29) is 11.9 Å². The Bertz CT molecular complexity index is 1180. The Labute approximate surface area is 213 Å². The first-order valence-corrected chi connectivity index (χ1v) is 12.0. The van der Waals surface area contributed by atoms with Gasteiger partial charge in [0, 0.05) is 78.1 Å². The molecule has 1 atom stereocenters. The molecule has 1 fully saturated rings. The number of nitrogens with one attached hydrogen (secondary N) is 2. The lowest BCUT2D eigenvalue weighted by Gasteiger charge is -2.31. The standard InChI is InChI=1S/C25H26IN7O/c1-18(27-2)24(34)31-23-11-9-21(22(30-23)10-8-19-6-4-3-5-7-19)20-16-28-25(29-17-20)32-12-14-33(26)15-13-32/h3-7,9,11,16-18,27H,12-15H2,1-2H3,(H,30,31,34). The number of aromatic nitrogens is 3. The summed E-state index contributed by atoms with van der Waals surface area (Å²) in [5, 5.41) is 5.77. The summed E-state index contributed by atoms with van der Waals surface area (Å²) in [6, 6.07) is 13.1. The van der Waals surface area contributed by atoms with E-state index in [2.05, 4.69) is 68.3 Å². The third-order valence-electron chi connectivity index (χ3n) is 5.53. The van der Waals surface area contributed by atoms with Crippen LogP contribution in [-0.2, 0) is 4.79 Å². The molecule has 3 aromatic rings. The number of piperazine rings is 1. The summed E-state index contributed by atoms with van der Waals surface area (Å²) in [5.74, 6) is 7.34. The predicted molar refractivity (Wildman–Crippen MR) is 143 cm³/mol. The first-order chi connectivity index (χ1) is 16.5. The highest BCUT2D eigenvalue weighted by molar-refractivity contribution is 14.1. The van der Waals surface area contributed by atoms with Crippen LogP contribution in [0, 0.1) is 11.8 Å². The van der Waals surface area contributed by atoms with Crippen LogP contribution in [0.1, 0.15) is 18.2 Å². The fourth-order valence-corrected chi connectivity index (χ4v) is 3.81. The van der Waals surface area contributed by atoms with Gasteiger partial charge in [-0.1, -0.05) is 24.1 Å². The second-order valence-corrected chi connectivity index (χ2v) is 9.24. The molecule has 0 bridgehead atoms. The van der Waals surface area contributed by atoms with Gasteiger partial charge in [0.25, 0.3) is 0 Å². The van der Waals surface area contributed by atoms with E-state index in [4.69, 9.17) is 0 Å². The molecule has 1 unspecified atom stereocenters. The van der Waals surface area contributed by atoms with Gasteiger partial charge in [0.2, 0.25) is 11.9 Å². The number of carbonyl (C=O) groups excluding carboxylic acids is 1. The zero-order chi connectivity index (χ0) is 23.9. The van der Waals surface area contributed by atoms with Crippen LogP contribution in [0.3, 0.4) is 0 Å². The average molecular weight is 567 g/mol. The van der Waals surface area contributed by atoms with E-state index in [1.165, 1.54) is 0 Å². The van der Waals surface area contributed by atoms with E-state index in [1.54, 1.807) is 20.0 Å². The van der Waals surface area contributed by atoms with Gasteiger partial charge >= 0.3 is 0 Å². The molecule has 1 saturated heterocycles. The molecule has 0 radical (unpaired) electrons. The maximum absolute atomic E-state index is 12.3. The molecule has 1 aliphatic rings. The molecular formula is C25H26IN7O. The van der Waals surface area contributed by atoms with Crippen molar-refractivity contribution in [2.45, 2.75) is 13.0 Å². The molecule has 9 heteroatoms. The fourth-order valence-electron chi connectivity index (χ4n) is 3.38. The van der Waals surface area contributed by atoms with Crippen molar-refractivity contribution >= 4 is 40.5 Å². The average Bonchev–Trinajstić information content (AvgIpc) is 2.88. The fraction of sp³-hybridized carbons (Fsp3) is 0.280. The Morgan fingerprint density at radius 2 is 1.74 bits per heavy atom. The number of nitrogens with zero attached hydrogens (tertiary/aromatic N) is 5. The van der Waals surface area contributed by atoms with Crippen molar-refractivity contribution in [2.75, 3.05) is 43.4 Å². The summed E-state index contributed by atoms with van der Waals surface area (Å²) in [4.78, 5) is 28.4. The van der Waals surface area contributed by atoms with E-state index in [0.29, 0.717) is 11.5 Å². The Kier molecular flexibility index (Phi) is 8.05. The van der Waals surface area contributed by atoms with Gasteiger partial charge in [-0.05, 0) is 44.2 Å². The molecule has 8 nitrogen and oxygen atoms in total. The SMILES string of the molecule is CNC(C)C(=O)Nc1ccc(-c2cnc(N3CCN(I)CC3)nc2)c(C#Cc2ccccc2)n1. The maximum atomic E-state index is 12.3. The second kappa shape index (κ2) is 11.4. The lowest BCUT2D eigenvalue weighted by atomic mass is 10.1. The molecule has 3 heterocycles. The summed E-state index contributed by atoms with van der Waals surface area (Å²) in [7, 11) is 1.74. The molecular weight excluding hydrogens is 541 g/mol. The first kappa shape index (κ1) is 24.1. The number of hydrogen-bond acceptors (Lipinski definition) is 7. The zero-order valence-electron chi connectivity index (χ0n) is 19.1. The number of halogens is 1. The lowest BCUT2D eigenvalue weighted by Crippen LogP contribution is -2.42. The Balaban J connectivity index is 1.64. The number of pyridine rings is 1. The van der Waals surface area contributed by atoms with Crippen LogP contribution in [0.2, 0.25) is 0 Å². The summed E-state index contributed by atoms with van der Waals surface area (Å²) in [6.07, 6.45) is 3.62. The van der Waals surface area contributed by atoms with Crippen molar-refractivity contribution in [3.63, 3.8) is 0 Å². The van der Waals surface area contributed by atoms with E-state index in [1.807, 2.05) is 48.8 Å². The van der Waals surface area contributed by atoms with Crippen LogP contribution in [0.25, 0.3) is 11.1 Å². The molecule has 2 aromatic heterocycles. The third-order valence-corrected chi connectivity index (χ3v) is 6.49. The number of benzene rings is 1. The zero-order valence-corrected chi connectivity index (χ0v) is 21.3. The van der Waals surface area contributed by atoms with Crippen molar-refractivity contribution in [3.8, 4) is 23.0 Å². The van der Waals surface area contributed by atoms with Crippen molar-refractivity contribution in [3.05, 3.63) is 66.1 Å². The van der Waals surface area contributed by atoms with Gasteiger partial charge in [0.1, 0.15) is 11.5 Å². The molecule has 1 amide bonds. The summed E-state index contributed by atoms with van der Waals surface area (Å²) < 4.78 is 2.27. The van der Waals surface area contributed by atoms with Crippen molar-refractivity contribution in [1.82, 2.24) is 23.4 Å². The van der Waals surface area contributed by atoms with Crippen LogP contribution in [0.5, 0.6) is 0 Å². The van der Waals surface area contributed by atoms with Crippen LogP contribution < -0.4 is 15.5 Å². The number of amides is 1. The number of likely N-dealkylation sites (N-methyl/N-ethyl adjacent to an activating group) is 1. The summed E-state index contributed by atoms with van der Waals surface area (Å²) >= 11 is 2.35. The third kappa shape index (κ3) is 6.08. The van der Waals surface area contributed by atoms with Gasteiger partial charge in [-0.2, -0.15) is 0 Å². The van der Waals surface area contributed by atoms with E-state index < -0.39 is 0 Å². The predicted octanol–water partition coefficient (Wildman–Crippen LogP) is 2.96. The Morgan fingerprint density at radius 1 is 1.03 bits per heavy atom. The molecule has 174 valence electrons. The van der Waals surface area contributed by atoms with E-state index in [9.17, 15) is 4.79 Å². The minimum Gasteiger partial charge on any atom is -0.338 e. The highest BCUT2D eigenvalue weighted by atomic mass is 127. The van der Waals surface area contributed by atoms with Gasteiger partial charge in [-0.25, -0.2) is 18.1 Å². The first-order valence-electron chi connectivity index (χ1n) is 11.1. The van der Waals surface area contributed by atoms with Crippen molar-refractivity contribution in [2.24, 2.45) is 0 Å². The molecule has 0 aliphatic carbocycles. The van der Waals surface area contributed by atoms with Crippen LogP contribution in [-0.4, -0.2) is 63.2 Å². The number of carbonyl (C=O) groups is 1. The Hall–Kier alpha value is -3.07. The normalized spacial score (nSPS) is 14.7. The van der Waals surface area contributed by atoms with E-state index >= 15 is 0 Å². The largest absolute Gasteiger partial charge is 0.338 e. The van der Waals surface area contributed by atoms with Gasteiger partial charge in [-0.3, -0.25) is 4.79 Å². The topological polar surface area (TPSA) is 86.3 Å². The summed E-state index contributed by atoms with van der Waals surface area (Å²) in [6.45, 7) is 5.55. The summed E-state index contributed by atoms with van der Waals surface area (Å²) in [5.41, 5.74) is 3.07. The molecule has 1 aliphatic heterocycles.